The van der Waals surface area contributed by atoms with Gasteiger partial charge in [-0.3, -0.25) is 9.52 Å². The zero-order chi connectivity index (χ0) is 22.6. The summed E-state index contributed by atoms with van der Waals surface area (Å²) in [5.41, 5.74) is 0.367. The highest BCUT2D eigenvalue weighted by molar-refractivity contribution is 7.92. The Morgan fingerprint density at radius 1 is 1.13 bits per heavy atom. The van der Waals surface area contributed by atoms with Crippen LogP contribution >= 0.6 is 0 Å². The first-order valence-electron chi connectivity index (χ1n) is 9.37. The summed E-state index contributed by atoms with van der Waals surface area (Å²) in [6.07, 6.45) is 2.60. The van der Waals surface area contributed by atoms with Gasteiger partial charge in [0, 0.05) is 30.9 Å². The van der Waals surface area contributed by atoms with Crippen LogP contribution in [0.15, 0.2) is 47.4 Å². The Bertz CT molecular complexity index is 1240. The molecule has 0 spiro atoms. The maximum atomic E-state index is 14.0. The molecule has 3 aromatic rings. The smallest absolute Gasteiger partial charge is 0.324 e. The number of benzene rings is 1. The van der Waals surface area contributed by atoms with Crippen molar-refractivity contribution in [1.29, 1.82) is 0 Å². The molecule has 0 aliphatic rings. The molecular formula is C20H20F2N4O4S. The number of hydrogen-bond donors (Lipinski definition) is 1. The lowest BCUT2D eigenvalue weighted by atomic mass is 10.2. The van der Waals surface area contributed by atoms with Crippen molar-refractivity contribution in [2.24, 2.45) is 7.05 Å². The van der Waals surface area contributed by atoms with Crippen molar-refractivity contribution in [3.63, 3.8) is 0 Å². The van der Waals surface area contributed by atoms with Crippen LogP contribution in [0.4, 0.5) is 14.6 Å². The van der Waals surface area contributed by atoms with Crippen LogP contribution < -0.4 is 15.0 Å². The van der Waals surface area contributed by atoms with E-state index in [2.05, 4.69) is 14.7 Å². The molecule has 2 heterocycles. The van der Waals surface area contributed by atoms with Gasteiger partial charge in [0.1, 0.15) is 5.82 Å². The molecule has 0 saturated heterocycles. The average molecular weight is 450 g/mol. The molecule has 0 unspecified atom stereocenters. The van der Waals surface area contributed by atoms with Gasteiger partial charge in [0.05, 0.1) is 11.4 Å². The third-order valence-corrected chi connectivity index (χ3v) is 5.57. The second-order valence-electron chi connectivity index (χ2n) is 6.72. The molecule has 11 heteroatoms. The largest absolute Gasteiger partial charge is 0.418 e. The molecule has 1 aromatic carbocycles. The van der Waals surface area contributed by atoms with E-state index < -0.39 is 33.4 Å². The number of para-hydroxylation sites is 1. The van der Waals surface area contributed by atoms with Gasteiger partial charge < -0.3 is 9.30 Å². The number of halogens is 2. The van der Waals surface area contributed by atoms with Crippen LogP contribution in [0.2, 0.25) is 0 Å². The van der Waals surface area contributed by atoms with Crippen LogP contribution in [0, 0.1) is 11.6 Å². The third kappa shape index (κ3) is 5.63. The zero-order valence-corrected chi connectivity index (χ0v) is 17.6. The Morgan fingerprint density at radius 3 is 2.48 bits per heavy atom. The van der Waals surface area contributed by atoms with Crippen molar-refractivity contribution < 1.29 is 21.9 Å². The number of rotatable bonds is 8. The third-order valence-electron chi connectivity index (χ3n) is 4.23. The standard InChI is InChI=1S/C20H20F2N4O4S/c1-3-4-10-31(28,29)25-17-11-16(13-8-9-18(27)26(2)12-13)23-20(24-17)30-19-14(21)6-5-7-15(19)22/h5-9,11-12H,3-4,10H2,1-2H3,(H,23,24,25). The summed E-state index contributed by atoms with van der Waals surface area (Å²) in [7, 11) is -2.18. The molecule has 0 radical (unpaired) electrons. The van der Waals surface area contributed by atoms with Crippen LogP contribution in [0.25, 0.3) is 11.3 Å². The Balaban J connectivity index is 2.07. The predicted molar refractivity (Wildman–Crippen MR) is 111 cm³/mol. The van der Waals surface area contributed by atoms with Crippen molar-refractivity contribution in [2.45, 2.75) is 19.8 Å². The minimum Gasteiger partial charge on any atom is -0.418 e. The van der Waals surface area contributed by atoms with Gasteiger partial charge in [-0.2, -0.15) is 9.97 Å². The van der Waals surface area contributed by atoms with E-state index in [1.807, 2.05) is 6.92 Å². The SMILES string of the molecule is CCCCS(=O)(=O)Nc1cc(-c2ccc(=O)n(C)c2)nc(Oc2c(F)cccc2F)n1. The number of aromatic nitrogens is 3. The zero-order valence-electron chi connectivity index (χ0n) is 16.8. The Hall–Kier alpha value is -3.34. The summed E-state index contributed by atoms with van der Waals surface area (Å²) in [5, 5.41) is 0. The fraction of sp³-hybridized carbons (Fsp3) is 0.250. The quantitative estimate of drug-likeness (QED) is 0.564. The number of anilines is 1. The monoisotopic (exact) mass is 450 g/mol. The number of nitrogens with zero attached hydrogens (tertiary/aromatic N) is 3. The molecule has 2 aromatic heterocycles. The summed E-state index contributed by atoms with van der Waals surface area (Å²) in [6.45, 7) is 1.85. The fourth-order valence-corrected chi connectivity index (χ4v) is 3.83. The molecule has 31 heavy (non-hydrogen) atoms. The number of pyridine rings is 1. The van der Waals surface area contributed by atoms with Crippen molar-refractivity contribution >= 4 is 15.8 Å². The normalized spacial score (nSPS) is 11.4. The maximum absolute atomic E-state index is 14.0. The first-order chi connectivity index (χ1) is 14.7. The lowest BCUT2D eigenvalue weighted by Crippen LogP contribution is -2.18. The maximum Gasteiger partial charge on any atom is 0.324 e. The number of nitrogens with one attached hydrogen (secondary N) is 1. The molecule has 0 fully saturated rings. The van der Waals surface area contributed by atoms with Crippen LogP contribution in [0.1, 0.15) is 19.8 Å². The highest BCUT2D eigenvalue weighted by atomic mass is 32.2. The van der Waals surface area contributed by atoms with E-state index in [1.165, 1.54) is 42.1 Å². The van der Waals surface area contributed by atoms with Gasteiger partial charge >= 0.3 is 6.01 Å². The lowest BCUT2D eigenvalue weighted by Gasteiger charge is -2.12. The van der Waals surface area contributed by atoms with Crippen LogP contribution in [0.3, 0.4) is 0 Å². The summed E-state index contributed by atoms with van der Waals surface area (Å²) in [4.78, 5) is 19.7. The van der Waals surface area contributed by atoms with E-state index in [0.29, 0.717) is 18.4 Å². The predicted octanol–water partition coefficient (Wildman–Crippen LogP) is 3.45. The van der Waals surface area contributed by atoms with Crippen molar-refractivity contribution in [3.05, 3.63) is 64.6 Å². The fourth-order valence-electron chi connectivity index (χ4n) is 2.63. The molecule has 0 aliphatic carbocycles. The van der Waals surface area contributed by atoms with Gasteiger partial charge in [0.2, 0.25) is 21.3 Å². The van der Waals surface area contributed by atoms with E-state index in [0.717, 1.165) is 12.1 Å². The van der Waals surface area contributed by atoms with Gasteiger partial charge in [-0.1, -0.05) is 19.4 Å². The van der Waals surface area contributed by atoms with Crippen molar-refractivity contribution in [1.82, 2.24) is 14.5 Å². The summed E-state index contributed by atoms with van der Waals surface area (Å²) < 4.78 is 61.5. The number of unbranched alkanes of at least 4 members (excludes halogenated alkanes) is 1. The minimum absolute atomic E-state index is 0.124. The number of hydrogen-bond acceptors (Lipinski definition) is 6. The van der Waals surface area contributed by atoms with Crippen LogP contribution in [-0.4, -0.2) is 28.7 Å². The summed E-state index contributed by atoms with van der Waals surface area (Å²) >= 11 is 0. The Morgan fingerprint density at radius 2 is 1.84 bits per heavy atom. The molecular weight excluding hydrogens is 430 g/mol. The molecule has 1 N–H and O–H groups in total. The average Bonchev–Trinajstić information content (AvgIpc) is 2.71. The molecule has 0 bridgehead atoms. The van der Waals surface area contributed by atoms with Crippen molar-refractivity contribution in [2.75, 3.05) is 10.5 Å². The highest BCUT2D eigenvalue weighted by Crippen LogP contribution is 2.28. The Labute approximate surface area is 177 Å². The van der Waals surface area contributed by atoms with Crippen molar-refractivity contribution in [3.8, 4) is 23.0 Å². The second-order valence-corrected chi connectivity index (χ2v) is 8.56. The number of ether oxygens (including phenoxy) is 1. The summed E-state index contributed by atoms with van der Waals surface area (Å²) in [5.74, 6) is -2.93. The summed E-state index contributed by atoms with van der Waals surface area (Å²) in [6, 6.07) is 6.84. The topological polar surface area (TPSA) is 103 Å². The van der Waals surface area contributed by atoms with E-state index in [-0.39, 0.29) is 22.8 Å². The van der Waals surface area contributed by atoms with E-state index in [4.69, 9.17) is 4.74 Å². The number of sulfonamides is 1. The molecule has 0 amide bonds. The molecule has 0 aliphatic heterocycles. The molecule has 8 nitrogen and oxygen atoms in total. The van der Waals surface area contributed by atoms with Crippen LogP contribution in [0.5, 0.6) is 11.8 Å². The second kappa shape index (κ2) is 9.21. The molecule has 0 atom stereocenters. The van der Waals surface area contributed by atoms with Gasteiger partial charge in [-0.25, -0.2) is 17.2 Å². The minimum atomic E-state index is -3.72. The Kier molecular flexibility index (Phi) is 6.64. The molecule has 164 valence electrons. The van der Waals surface area contributed by atoms with E-state index in [9.17, 15) is 22.0 Å². The van der Waals surface area contributed by atoms with Gasteiger partial charge in [0.25, 0.3) is 0 Å². The van der Waals surface area contributed by atoms with Gasteiger partial charge in [0.15, 0.2) is 11.6 Å². The van der Waals surface area contributed by atoms with E-state index >= 15 is 0 Å². The molecule has 0 saturated carbocycles. The number of aryl methyl sites for hydroxylation is 1. The lowest BCUT2D eigenvalue weighted by molar-refractivity contribution is 0.383. The van der Waals surface area contributed by atoms with Crippen LogP contribution in [-0.2, 0) is 17.1 Å². The first-order valence-corrected chi connectivity index (χ1v) is 11.0. The molecule has 3 rings (SSSR count). The first kappa shape index (κ1) is 22.3. The van der Waals surface area contributed by atoms with E-state index in [1.54, 1.807) is 0 Å². The van der Waals surface area contributed by atoms with Gasteiger partial charge in [-0.05, 0) is 24.6 Å². The highest BCUT2D eigenvalue weighted by Gasteiger charge is 2.17. The van der Waals surface area contributed by atoms with Gasteiger partial charge in [-0.15, -0.1) is 0 Å².